The Balaban J connectivity index is 1.64. The van der Waals surface area contributed by atoms with Gasteiger partial charge in [-0.15, -0.1) is 0 Å². The van der Waals surface area contributed by atoms with Crippen LogP contribution in [0.25, 0.3) is 0 Å². The highest BCUT2D eigenvalue weighted by molar-refractivity contribution is 7.92. The monoisotopic (exact) mass is 502 g/mol. The first kappa shape index (κ1) is 25.4. The van der Waals surface area contributed by atoms with E-state index in [-0.39, 0.29) is 19.1 Å². The van der Waals surface area contributed by atoms with Gasteiger partial charge in [0.25, 0.3) is 5.91 Å². The van der Waals surface area contributed by atoms with E-state index in [2.05, 4.69) is 5.32 Å². The van der Waals surface area contributed by atoms with E-state index in [9.17, 15) is 13.2 Å². The molecule has 0 radical (unpaired) electrons. The van der Waals surface area contributed by atoms with E-state index in [0.717, 1.165) is 17.4 Å². The van der Waals surface area contributed by atoms with Gasteiger partial charge in [-0.3, -0.25) is 9.10 Å². The molecule has 0 fully saturated rings. The van der Waals surface area contributed by atoms with Crippen LogP contribution in [0.15, 0.2) is 66.7 Å². The Morgan fingerprint density at radius 2 is 1.74 bits per heavy atom. The summed E-state index contributed by atoms with van der Waals surface area (Å²) in [5.41, 5.74) is 2.56. The van der Waals surface area contributed by atoms with E-state index < -0.39 is 10.0 Å². The number of nitrogens with one attached hydrogen (secondary N) is 1. The number of hydrogen-bond acceptors (Lipinski definition) is 5. The molecular weight excluding hydrogens is 476 g/mol. The van der Waals surface area contributed by atoms with Crippen molar-refractivity contribution in [3.63, 3.8) is 0 Å². The lowest BCUT2D eigenvalue weighted by Crippen LogP contribution is -2.30. The van der Waals surface area contributed by atoms with E-state index >= 15 is 0 Å². The third kappa shape index (κ3) is 6.65. The van der Waals surface area contributed by atoms with Gasteiger partial charge in [0, 0.05) is 5.56 Å². The zero-order valence-electron chi connectivity index (χ0n) is 19.2. The van der Waals surface area contributed by atoms with Gasteiger partial charge in [-0.25, -0.2) is 8.42 Å². The van der Waals surface area contributed by atoms with Crippen molar-refractivity contribution in [1.82, 2.24) is 5.32 Å². The van der Waals surface area contributed by atoms with Crippen molar-refractivity contribution >= 4 is 33.2 Å². The van der Waals surface area contributed by atoms with Gasteiger partial charge in [0.05, 0.1) is 37.2 Å². The van der Waals surface area contributed by atoms with Crippen molar-refractivity contribution in [2.75, 3.05) is 30.8 Å². The maximum atomic E-state index is 12.5. The van der Waals surface area contributed by atoms with Gasteiger partial charge in [-0.2, -0.15) is 0 Å². The van der Waals surface area contributed by atoms with Gasteiger partial charge in [-0.05, 0) is 54.4 Å². The summed E-state index contributed by atoms with van der Waals surface area (Å²) >= 11 is 6.04. The predicted molar refractivity (Wildman–Crippen MR) is 134 cm³/mol. The second-order valence-corrected chi connectivity index (χ2v) is 9.99. The number of rotatable bonds is 10. The quantitative estimate of drug-likeness (QED) is 0.414. The van der Waals surface area contributed by atoms with Crippen molar-refractivity contribution < 1.29 is 22.7 Å². The Bertz CT molecular complexity index is 1250. The summed E-state index contributed by atoms with van der Waals surface area (Å²) in [4.78, 5) is 12.4. The highest BCUT2D eigenvalue weighted by Gasteiger charge is 2.22. The highest BCUT2D eigenvalue weighted by Crippen LogP contribution is 2.32. The summed E-state index contributed by atoms with van der Waals surface area (Å²) in [7, 11) is -2.08. The zero-order chi connectivity index (χ0) is 24.7. The van der Waals surface area contributed by atoms with Gasteiger partial charge in [0.2, 0.25) is 10.0 Å². The fourth-order valence-corrected chi connectivity index (χ4v) is 4.37. The number of sulfonamides is 1. The maximum Gasteiger partial charge on any atom is 0.251 e. The SMILES string of the molecule is COc1ccc(C)cc1N(Cc1ccc(C(=O)NCCOc2ccccc2Cl)cc1)S(C)(=O)=O. The van der Waals surface area contributed by atoms with E-state index in [4.69, 9.17) is 21.1 Å². The lowest BCUT2D eigenvalue weighted by molar-refractivity contribution is 0.0947. The number of carbonyl (C=O) groups excluding carboxylic acids is 1. The van der Waals surface area contributed by atoms with E-state index in [1.807, 2.05) is 25.1 Å². The van der Waals surface area contributed by atoms with Crippen LogP contribution in [-0.2, 0) is 16.6 Å². The smallest absolute Gasteiger partial charge is 0.251 e. The second kappa shape index (κ2) is 11.3. The zero-order valence-corrected chi connectivity index (χ0v) is 20.8. The molecule has 0 bridgehead atoms. The molecule has 0 aromatic heterocycles. The molecule has 0 spiro atoms. The van der Waals surface area contributed by atoms with E-state index in [1.54, 1.807) is 48.5 Å². The number of amides is 1. The first-order valence-corrected chi connectivity index (χ1v) is 12.8. The summed E-state index contributed by atoms with van der Waals surface area (Å²) in [5.74, 6) is 0.768. The topological polar surface area (TPSA) is 84.9 Å². The fraction of sp³-hybridized carbons (Fsp3) is 0.240. The number of halogens is 1. The van der Waals surface area contributed by atoms with Crippen LogP contribution >= 0.6 is 11.6 Å². The Morgan fingerprint density at radius 1 is 1.03 bits per heavy atom. The summed E-state index contributed by atoms with van der Waals surface area (Å²) in [6.45, 7) is 2.57. The molecule has 3 aromatic rings. The number of benzene rings is 3. The Labute approximate surface area is 205 Å². The van der Waals surface area contributed by atoms with Gasteiger partial charge in [0.1, 0.15) is 18.1 Å². The van der Waals surface area contributed by atoms with Crippen LogP contribution < -0.4 is 19.1 Å². The summed E-state index contributed by atoms with van der Waals surface area (Å²) in [6, 6.07) is 19.3. The summed E-state index contributed by atoms with van der Waals surface area (Å²) < 4.78 is 37.3. The molecule has 1 N–H and O–H groups in total. The van der Waals surface area contributed by atoms with Crippen LogP contribution in [0.1, 0.15) is 21.5 Å². The van der Waals surface area contributed by atoms with Crippen molar-refractivity contribution in [2.45, 2.75) is 13.5 Å². The lowest BCUT2D eigenvalue weighted by atomic mass is 10.1. The number of anilines is 1. The second-order valence-electron chi connectivity index (χ2n) is 7.68. The van der Waals surface area contributed by atoms with E-state index in [1.165, 1.54) is 11.4 Å². The number of aryl methyl sites for hydroxylation is 1. The minimum absolute atomic E-state index is 0.103. The van der Waals surface area contributed by atoms with Crippen molar-refractivity contribution in [1.29, 1.82) is 0 Å². The van der Waals surface area contributed by atoms with Crippen LogP contribution in [0.3, 0.4) is 0 Å². The normalized spacial score (nSPS) is 11.1. The molecule has 0 aliphatic carbocycles. The van der Waals surface area contributed by atoms with Crippen LogP contribution in [0.5, 0.6) is 11.5 Å². The number of nitrogens with zero attached hydrogens (tertiary/aromatic N) is 1. The number of ether oxygens (including phenoxy) is 2. The molecule has 0 unspecified atom stereocenters. The number of hydrogen-bond donors (Lipinski definition) is 1. The number of para-hydroxylation sites is 1. The third-order valence-corrected chi connectivity index (χ3v) is 6.47. The van der Waals surface area contributed by atoms with Crippen molar-refractivity contribution in [2.24, 2.45) is 0 Å². The molecule has 3 aromatic carbocycles. The molecule has 0 aliphatic heterocycles. The average Bonchev–Trinajstić information content (AvgIpc) is 2.81. The fourth-order valence-electron chi connectivity index (χ4n) is 3.29. The first-order valence-electron chi connectivity index (χ1n) is 10.6. The van der Waals surface area contributed by atoms with Crippen LogP contribution in [0, 0.1) is 6.92 Å². The molecule has 3 rings (SSSR count). The molecule has 0 aliphatic rings. The first-order chi connectivity index (χ1) is 16.2. The summed E-state index contributed by atoms with van der Waals surface area (Å²) in [6.07, 6.45) is 1.15. The molecule has 0 atom stereocenters. The van der Waals surface area contributed by atoms with Crippen molar-refractivity contribution in [3.8, 4) is 11.5 Å². The highest BCUT2D eigenvalue weighted by atomic mass is 35.5. The van der Waals surface area contributed by atoms with Gasteiger partial charge in [0.15, 0.2) is 0 Å². The minimum atomic E-state index is -3.58. The minimum Gasteiger partial charge on any atom is -0.495 e. The van der Waals surface area contributed by atoms with Crippen LogP contribution in [0.4, 0.5) is 5.69 Å². The largest absolute Gasteiger partial charge is 0.495 e. The Hall–Kier alpha value is -3.23. The molecule has 0 heterocycles. The number of methoxy groups -OCH3 is 1. The van der Waals surface area contributed by atoms with Crippen LogP contribution in [-0.4, -0.2) is 40.8 Å². The van der Waals surface area contributed by atoms with E-state index in [0.29, 0.717) is 34.3 Å². The summed E-state index contributed by atoms with van der Waals surface area (Å²) in [5, 5.41) is 3.30. The lowest BCUT2D eigenvalue weighted by Gasteiger charge is -2.25. The van der Waals surface area contributed by atoms with Crippen molar-refractivity contribution in [3.05, 3.63) is 88.4 Å². The Kier molecular flexibility index (Phi) is 8.41. The van der Waals surface area contributed by atoms with Crippen LogP contribution in [0.2, 0.25) is 5.02 Å². The molecule has 1 amide bonds. The molecule has 34 heavy (non-hydrogen) atoms. The molecule has 9 heteroatoms. The number of carbonyl (C=O) groups is 1. The molecule has 180 valence electrons. The molecule has 0 saturated carbocycles. The molecular formula is C25H27ClN2O5S. The predicted octanol–water partition coefficient (Wildman–Crippen LogP) is 4.43. The van der Waals surface area contributed by atoms with Gasteiger partial charge in [-0.1, -0.05) is 41.9 Å². The standard InChI is InChI=1S/C25H27ClN2O5S/c1-18-8-13-24(32-2)22(16-18)28(34(3,30)31)17-19-9-11-20(12-10-19)25(29)27-14-15-33-23-7-5-4-6-21(23)26/h4-13,16H,14-15,17H2,1-3H3,(H,27,29). The average molecular weight is 503 g/mol. The Morgan fingerprint density at radius 3 is 2.38 bits per heavy atom. The van der Waals surface area contributed by atoms with Gasteiger partial charge < -0.3 is 14.8 Å². The maximum absolute atomic E-state index is 12.5. The third-order valence-electron chi connectivity index (χ3n) is 5.03. The van der Waals surface area contributed by atoms with Gasteiger partial charge >= 0.3 is 0 Å². The molecule has 0 saturated heterocycles. The molecule has 7 nitrogen and oxygen atoms in total.